The number of halogens is 2. The summed E-state index contributed by atoms with van der Waals surface area (Å²) in [6, 6.07) is 9.50. The summed E-state index contributed by atoms with van der Waals surface area (Å²) in [5, 5.41) is 3.73. The zero-order chi connectivity index (χ0) is 17.7. The largest absolute Gasteiger partial charge is 0.340 e. The number of aryl methyl sites for hydroxylation is 1. The van der Waals surface area contributed by atoms with Crippen molar-refractivity contribution >= 4 is 55.7 Å². The standard InChI is InChI=1S/C17H11ClFN3O2S/c1-22-12-4-3-11(19)15(18)9(12)7-13(22)17(24)20-8-2-5-14-10(6-8)16(23)21-25-14/h2-7H,1H3,(H,20,24)(H,21,23). The second-order valence-electron chi connectivity index (χ2n) is 5.58. The molecule has 2 aromatic heterocycles. The second-order valence-corrected chi connectivity index (χ2v) is 6.81. The van der Waals surface area contributed by atoms with Gasteiger partial charge in [-0.05, 0) is 36.4 Å². The minimum absolute atomic E-state index is 0.0154. The van der Waals surface area contributed by atoms with Crippen LogP contribution in [0.15, 0.2) is 41.2 Å². The minimum atomic E-state index is -0.533. The Hall–Kier alpha value is -2.64. The van der Waals surface area contributed by atoms with Gasteiger partial charge in [0.1, 0.15) is 11.5 Å². The lowest BCUT2D eigenvalue weighted by molar-refractivity contribution is 0.102. The number of H-pyrrole nitrogens is 1. The van der Waals surface area contributed by atoms with Crippen molar-refractivity contribution in [2.75, 3.05) is 5.32 Å². The Morgan fingerprint density at radius 2 is 2.04 bits per heavy atom. The molecule has 8 heteroatoms. The Bertz CT molecular complexity index is 1210. The van der Waals surface area contributed by atoms with E-state index in [1.165, 1.54) is 17.6 Å². The number of carbonyl (C=O) groups excluding carboxylic acids is 1. The first-order valence-electron chi connectivity index (χ1n) is 7.31. The molecule has 2 aromatic carbocycles. The summed E-state index contributed by atoms with van der Waals surface area (Å²) in [5.74, 6) is -0.907. The maximum atomic E-state index is 13.6. The van der Waals surface area contributed by atoms with Crippen molar-refractivity contribution in [3.8, 4) is 0 Å². The smallest absolute Gasteiger partial charge is 0.272 e. The van der Waals surface area contributed by atoms with E-state index in [-0.39, 0.29) is 16.5 Å². The highest BCUT2D eigenvalue weighted by Gasteiger charge is 2.17. The van der Waals surface area contributed by atoms with Crippen molar-refractivity contribution in [2.24, 2.45) is 7.05 Å². The van der Waals surface area contributed by atoms with Crippen LogP contribution in [0, 0.1) is 5.82 Å². The van der Waals surface area contributed by atoms with Gasteiger partial charge in [0, 0.05) is 18.1 Å². The molecule has 0 atom stereocenters. The summed E-state index contributed by atoms with van der Waals surface area (Å²) < 4.78 is 18.7. The van der Waals surface area contributed by atoms with Crippen LogP contribution in [0.4, 0.5) is 10.1 Å². The zero-order valence-electron chi connectivity index (χ0n) is 12.9. The molecule has 5 nitrogen and oxygen atoms in total. The predicted molar refractivity (Wildman–Crippen MR) is 98.3 cm³/mol. The fourth-order valence-corrected chi connectivity index (χ4v) is 3.72. The Morgan fingerprint density at radius 1 is 1.24 bits per heavy atom. The summed E-state index contributed by atoms with van der Waals surface area (Å²) >= 11 is 7.23. The maximum absolute atomic E-state index is 13.6. The lowest BCUT2D eigenvalue weighted by atomic mass is 10.2. The van der Waals surface area contributed by atoms with Gasteiger partial charge in [-0.3, -0.25) is 14.0 Å². The highest BCUT2D eigenvalue weighted by Crippen LogP contribution is 2.29. The van der Waals surface area contributed by atoms with E-state index in [0.29, 0.717) is 27.7 Å². The van der Waals surface area contributed by atoms with Gasteiger partial charge in [0.25, 0.3) is 11.5 Å². The van der Waals surface area contributed by atoms with Crippen LogP contribution in [0.25, 0.3) is 21.0 Å². The number of anilines is 1. The lowest BCUT2D eigenvalue weighted by Gasteiger charge is -2.06. The van der Waals surface area contributed by atoms with Crippen LogP contribution < -0.4 is 10.9 Å². The van der Waals surface area contributed by atoms with Crippen LogP contribution in [-0.4, -0.2) is 14.8 Å². The number of aromatic nitrogens is 2. The molecule has 0 aliphatic rings. The number of carbonyl (C=O) groups is 1. The molecule has 1 amide bonds. The molecule has 2 heterocycles. The molecular weight excluding hydrogens is 365 g/mol. The van der Waals surface area contributed by atoms with Crippen molar-refractivity contribution < 1.29 is 9.18 Å². The number of nitrogens with one attached hydrogen (secondary N) is 2. The van der Waals surface area contributed by atoms with Crippen LogP contribution in [0.3, 0.4) is 0 Å². The van der Waals surface area contributed by atoms with Crippen molar-refractivity contribution in [3.63, 3.8) is 0 Å². The molecule has 25 heavy (non-hydrogen) atoms. The lowest BCUT2D eigenvalue weighted by Crippen LogP contribution is -2.15. The van der Waals surface area contributed by atoms with Gasteiger partial charge in [0.15, 0.2) is 0 Å². The molecule has 0 aliphatic carbocycles. The molecular formula is C17H11ClFN3O2S. The number of hydrogen-bond acceptors (Lipinski definition) is 3. The van der Waals surface area contributed by atoms with Gasteiger partial charge in [0.05, 0.1) is 20.6 Å². The molecule has 0 unspecified atom stereocenters. The maximum Gasteiger partial charge on any atom is 0.272 e. The van der Waals surface area contributed by atoms with E-state index in [2.05, 4.69) is 9.69 Å². The van der Waals surface area contributed by atoms with E-state index in [1.54, 1.807) is 41.9 Å². The minimum Gasteiger partial charge on any atom is -0.340 e. The Kier molecular flexibility index (Phi) is 3.63. The summed E-state index contributed by atoms with van der Waals surface area (Å²) in [5.41, 5.74) is 1.30. The predicted octanol–water partition coefficient (Wildman–Crippen LogP) is 4.13. The number of rotatable bonds is 2. The number of benzene rings is 2. The van der Waals surface area contributed by atoms with Gasteiger partial charge in [-0.15, -0.1) is 0 Å². The topological polar surface area (TPSA) is 66.9 Å². The van der Waals surface area contributed by atoms with Gasteiger partial charge in [-0.2, -0.15) is 0 Å². The molecule has 0 spiro atoms. The first kappa shape index (κ1) is 15.9. The number of fused-ring (bicyclic) bond motifs is 2. The van der Waals surface area contributed by atoms with E-state index in [1.807, 2.05) is 0 Å². The van der Waals surface area contributed by atoms with Gasteiger partial charge in [0.2, 0.25) is 0 Å². The van der Waals surface area contributed by atoms with Gasteiger partial charge in [-0.25, -0.2) is 4.39 Å². The number of amides is 1. The molecule has 0 bridgehead atoms. The molecule has 0 aliphatic heterocycles. The number of hydrogen-bond donors (Lipinski definition) is 2. The third-order valence-corrected chi connectivity index (χ3v) is 5.33. The highest BCUT2D eigenvalue weighted by molar-refractivity contribution is 7.13. The molecule has 126 valence electrons. The third kappa shape index (κ3) is 2.52. The van der Waals surface area contributed by atoms with Crippen molar-refractivity contribution in [1.82, 2.24) is 8.94 Å². The van der Waals surface area contributed by atoms with E-state index < -0.39 is 5.82 Å². The summed E-state index contributed by atoms with van der Waals surface area (Å²) in [4.78, 5) is 24.3. The molecule has 0 saturated carbocycles. The Morgan fingerprint density at radius 3 is 2.84 bits per heavy atom. The van der Waals surface area contributed by atoms with E-state index in [9.17, 15) is 14.0 Å². The molecule has 4 rings (SSSR count). The quantitative estimate of drug-likeness (QED) is 0.553. The van der Waals surface area contributed by atoms with Crippen molar-refractivity contribution in [2.45, 2.75) is 0 Å². The van der Waals surface area contributed by atoms with Gasteiger partial charge < -0.3 is 9.88 Å². The van der Waals surface area contributed by atoms with E-state index in [4.69, 9.17) is 11.6 Å². The van der Waals surface area contributed by atoms with Gasteiger partial charge >= 0.3 is 0 Å². The first-order chi connectivity index (χ1) is 12.0. The van der Waals surface area contributed by atoms with E-state index in [0.717, 1.165) is 4.70 Å². The van der Waals surface area contributed by atoms with Crippen LogP contribution in [0.1, 0.15) is 10.5 Å². The fraction of sp³-hybridized carbons (Fsp3) is 0.0588. The Labute approximate surface area is 149 Å². The Balaban J connectivity index is 1.74. The number of aromatic amines is 1. The van der Waals surface area contributed by atoms with Crippen molar-refractivity contribution in [3.05, 3.63) is 63.3 Å². The molecule has 0 fully saturated rings. The molecule has 4 aromatic rings. The van der Waals surface area contributed by atoms with E-state index >= 15 is 0 Å². The molecule has 0 radical (unpaired) electrons. The number of nitrogens with zero attached hydrogens (tertiary/aromatic N) is 1. The van der Waals surface area contributed by atoms with Crippen molar-refractivity contribution in [1.29, 1.82) is 0 Å². The third-order valence-electron chi connectivity index (χ3n) is 4.08. The summed E-state index contributed by atoms with van der Waals surface area (Å²) in [7, 11) is 1.71. The second kappa shape index (κ2) is 5.72. The zero-order valence-corrected chi connectivity index (χ0v) is 14.5. The average Bonchev–Trinajstić information content (AvgIpc) is 3.12. The SMILES string of the molecule is Cn1c(C(=O)Nc2ccc3s[nH]c(=O)c3c2)cc2c(Cl)c(F)ccc21. The van der Waals surface area contributed by atoms with Crippen LogP contribution in [0.2, 0.25) is 5.02 Å². The first-order valence-corrected chi connectivity index (χ1v) is 8.51. The molecule has 2 N–H and O–H groups in total. The molecule has 0 saturated heterocycles. The van der Waals surface area contributed by atoms with Gasteiger partial charge in [-0.1, -0.05) is 23.1 Å². The van der Waals surface area contributed by atoms with Crippen LogP contribution >= 0.6 is 23.1 Å². The normalized spacial score (nSPS) is 11.3. The summed E-state index contributed by atoms with van der Waals surface area (Å²) in [6.45, 7) is 0. The highest BCUT2D eigenvalue weighted by atomic mass is 35.5. The summed E-state index contributed by atoms with van der Waals surface area (Å²) in [6.07, 6.45) is 0. The van der Waals surface area contributed by atoms with Crippen LogP contribution in [-0.2, 0) is 7.05 Å². The fourth-order valence-electron chi connectivity index (χ4n) is 2.79. The average molecular weight is 376 g/mol. The monoisotopic (exact) mass is 375 g/mol. The van der Waals surface area contributed by atoms with Crippen LogP contribution in [0.5, 0.6) is 0 Å².